The van der Waals surface area contributed by atoms with Crippen LogP contribution >= 0.6 is 0 Å². The third kappa shape index (κ3) is 41.5. The van der Waals surface area contributed by atoms with Gasteiger partial charge >= 0.3 is 0 Å². The molecule has 0 aromatic rings. The Morgan fingerprint density at radius 1 is 0.372 bits per heavy atom. The van der Waals surface area contributed by atoms with Gasteiger partial charge in [0.25, 0.3) is 0 Å². The summed E-state index contributed by atoms with van der Waals surface area (Å²) in [5.74, 6) is -0.197. The van der Waals surface area contributed by atoms with Crippen LogP contribution in [0.1, 0.15) is 361 Å². The van der Waals surface area contributed by atoms with E-state index in [-0.39, 0.29) is 12.5 Å². The molecule has 0 saturated carbocycles. The SMILES string of the molecule is CCCCCCCCCCCCCCCCCCCCCCCCCCCCCCCCCCC(O)C(COC1OC(CO)C(OC2OC(CO)C(O)C(O)C2O)C(O)C1O)NC(=O)CCCCCCCCCCCCCCCCCCCCCC. The van der Waals surface area contributed by atoms with Gasteiger partial charge in [0, 0.05) is 6.42 Å². The Hall–Kier alpha value is -1.01. The minimum Gasteiger partial charge on any atom is -0.394 e. The zero-order valence-electron chi connectivity index (χ0n) is 55.9. The van der Waals surface area contributed by atoms with Crippen molar-refractivity contribution >= 4 is 5.91 Å². The molecule has 14 nitrogen and oxygen atoms in total. The minimum absolute atomic E-state index is 0.197. The number of aliphatic hydroxyl groups is 8. The summed E-state index contributed by atoms with van der Waals surface area (Å²) in [5.41, 5.74) is 0. The van der Waals surface area contributed by atoms with Crippen LogP contribution in [0.4, 0.5) is 0 Å². The molecular weight excluding hydrogens is 1090 g/mol. The maximum absolute atomic E-state index is 13.4. The number of rotatable bonds is 63. The molecule has 0 aromatic carbocycles. The highest BCUT2D eigenvalue weighted by atomic mass is 16.7. The molecule has 0 bridgehead atoms. The molecule has 12 unspecified atom stereocenters. The lowest BCUT2D eigenvalue weighted by Crippen LogP contribution is -2.65. The summed E-state index contributed by atoms with van der Waals surface area (Å²) in [6.45, 7) is 2.93. The van der Waals surface area contributed by atoms with Crippen molar-refractivity contribution in [2.45, 2.75) is 434 Å². The van der Waals surface area contributed by atoms with Gasteiger partial charge in [-0.05, 0) is 12.8 Å². The van der Waals surface area contributed by atoms with E-state index in [0.29, 0.717) is 12.8 Å². The van der Waals surface area contributed by atoms with E-state index in [9.17, 15) is 45.6 Å². The van der Waals surface area contributed by atoms with Crippen molar-refractivity contribution in [3.05, 3.63) is 0 Å². The maximum Gasteiger partial charge on any atom is 0.220 e. The second-order valence-electron chi connectivity index (χ2n) is 26.8. The highest BCUT2D eigenvalue weighted by Gasteiger charge is 2.51. The van der Waals surface area contributed by atoms with Crippen LogP contribution in [0.2, 0.25) is 0 Å². The van der Waals surface area contributed by atoms with Crippen LogP contribution in [0, 0.1) is 0 Å². The first-order chi connectivity index (χ1) is 42.1. The largest absolute Gasteiger partial charge is 0.394 e. The normalized spacial score (nSPS) is 23.3. The Bertz CT molecular complexity index is 1450. The summed E-state index contributed by atoms with van der Waals surface area (Å²) in [4.78, 5) is 13.4. The van der Waals surface area contributed by atoms with Crippen molar-refractivity contribution in [3.63, 3.8) is 0 Å². The molecule has 0 spiro atoms. The number of ether oxygens (including phenoxy) is 4. The third-order valence-electron chi connectivity index (χ3n) is 18.8. The number of carbonyl (C=O) groups is 1. The van der Waals surface area contributed by atoms with E-state index in [1.54, 1.807) is 0 Å². The van der Waals surface area contributed by atoms with Gasteiger partial charge in [0.05, 0.1) is 32.0 Å². The molecule has 2 aliphatic rings. The monoisotopic (exact) mass is 1230 g/mol. The molecule has 14 heteroatoms. The summed E-state index contributed by atoms with van der Waals surface area (Å²) < 4.78 is 22.9. The van der Waals surface area contributed by atoms with Gasteiger partial charge in [-0.3, -0.25) is 4.79 Å². The second kappa shape index (κ2) is 57.9. The van der Waals surface area contributed by atoms with E-state index in [1.807, 2.05) is 0 Å². The molecule has 1 amide bonds. The summed E-state index contributed by atoms with van der Waals surface area (Å²) in [6, 6.07) is -0.824. The van der Waals surface area contributed by atoms with Crippen LogP contribution in [-0.4, -0.2) is 140 Å². The zero-order chi connectivity index (χ0) is 62.3. The summed E-state index contributed by atoms with van der Waals surface area (Å²) in [6.07, 6.45) is 52.8. The number of hydrogen-bond acceptors (Lipinski definition) is 13. The molecule has 0 radical (unpaired) electrons. The quantitative estimate of drug-likeness (QED) is 0.0259. The second-order valence-corrected chi connectivity index (χ2v) is 26.8. The predicted molar refractivity (Wildman–Crippen MR) is 351 cm³/mol. The Kier molecular flexibility index (Phi) is 54.5. The Labute approximate surface area is 527 Å². The van der Waals surface area contributed by atoms with Crippen molar-refractivity contribution in [3.8, 4) is 0 Å². The minimum atomic E-state index is -1.78. The molecule has 512 valence electrons. The van der Waals surface area contributed by atoms with Crippen molar-refractivity contribution < 1.29 is 64.6 Å². The molecule has 86 heavy (non-hydrogen) atoms. The number of carbonyl (C=O) groups excluding carboxylic acids is 1. The van der Waals surface area contributed by atoms with Crippen LogP contribution in [0.15, 0.2) is 0 Å². The number of amides is 1. The van der Waals surface area contributed by atoms with Crippen molar-refractivity contribution in [2.24, 2.45) is 0 Å². The van der Waals surface area contributed by atoms with E-state index >= 15 is 0 Å². The first kappa shape index (κ1) is 81.1. The van der Waals surface area contributed by atoms with Gasteiger partial charge in [0.2, 0.25) is 5.91 Å². The number of unbranched alkanes of at least 4 members (excludes halogenated alkanes) is 50. The van der Waals surface area contributed by atoms with Gasteiger partial charge in [-0.25, -0.2) is 0 Å². The van der Waals surface area contributed by atoms with Gasteiger partial charge in [-0.2, -0.15) is 0 Å². The average Bonchev–Trinajstić information content (AvgIpc) is 2.32. The highest BCUT2D eigenvalue weighted by molar-refractivity contribution is 5.76. The summed E-state index contributed by atoms with van der Waals surface area (Å²) in [5, 5.41) is 87.7. The van der Waals surface area contributed by atoms with Crippen LogP contribution in [0.5, 0.6) is 0 Å². The molecule has 0 aromatic heterocycles. The lowest BCUT2D eigenvalue weighted by molar-refractivity contribution is -0.359. The zero-order valence-corrected chi connectivity index (χ0v) is 55.9. The van der Waals surface area contributed by atoms with E-state index in [4.69, 9.17) is 18.9 Å². The molecule has 2 heterocycles. The predicted octanol–water partition coefficient (Wildman–Crippen LogP) is 15.6. The van der Waals surface area contributed by atoms with E-state index < -0.39 is 86.8 Å². The van der Waals surface area contributed by atoms with Crippen molar-refractivity contribution in [1.29, 1.82) is 0 Å². The first-order valence-corrected chi connectivity index (χ1v) is 37.3. The van der Waals surface area contributed by atoms with Gasteiger partial charge < -0.3 is 65.1 Å². The molecular formula is C72H141NO13. The first-order valence-electron chi connectivity index (χ1n) is 37.3. The molecule has 9 N–H and O–H groups in total. The van der Waals surface area contributed by atoms with E-state index in [2.05, 4.69) is 19.2 Å². The number of aliphatic hydroxyl groups excluding tert-OH is 8. The average molecular weight is 1230 g/mol. The standard InChI is InChI=1S/C72H141NO13/c1-3-5-7-9-11-13-15-17-19-21-23-25-26-27-28-29-30-31-32-33-34-35-36-37-39-41-43-45-47-49-51-53-55-61(76)60(73-64(77)56-54-52-50-48-46-44-42-40-38-24-22-20-18-16-14-12-10-8-6-4-2)59-83-71-69(82)67(80)70(63(58-75)85-71)86-72-68(81)66(79)65(78)62(57-74)84-72/h60-63,65-72,74-76,78-82H,3-59H2,1-2H3,(H,73,77). The Morgan fingerprint density at radius 3 is 0.988 bits per heavy atom. The van der Waals surface area contributed by atoms with Gasteiger partial charge in [0.1, 0.15) is 48.8 Å². The molecule has 2 saturated heterocycles. The molecule has 12 atom stereocenters. The topological polar surface area (TPSA) is 228 Å². The molecule has 2 rings (SSSR count). The van der Waals surface area contributed by atoms with Gasteiger partial charge in [-0.15, -0.1) is 0 Å². The van der Waals surface area contributed by atoms with E-state index in [0.717, 1.165) is 51.4 Å². The van der Waals surface area contributed by atoms with Crippen LogP contribution in [0.25, 0.3) is 0 Å². The van der Waals surface area contributed by atoms with E-state index in [1.165, 1.54) is 283 Å². The summed E-state index contributed by atoms with van der Waals surface area (Å²) >= 11 is 0. The van der Waals surface area contributed by atoms with Crippen molar-refractivity contribution in [1.82, 2.24) is 5.32 Å². The van der Waals surface area contributed by atoms with Crippen LogP contribution in [0.3, 0.4) is 0 Å². The fourth-order valence-electron chi connectivity index (χ4n) is 12.9. The fourth-order valence-corrected chi connectivity index (χ4v) is 12.9. The lowest BCUT2D eigenvalue weighted by Gasteiger charge is -2.46. The molecule has 2 fully saturated rings. The van der Waals surface area contributed by atoms with Crippen LogP contribution < -0.4 is 5.32 Å². The van der Waals surface area contributed by atoms with Gasteiger partial charge in [-0.1, -0.05) is 341 Å². The van der Waals surface area contributed by atoms with Crippen LogP contribution in [-0.2, 0) is 23.7 Å². The molecule has 0 aliphatic carbocycles. The fraction of sp³-hybridized carbons (Fsp3) is 0.986. The van der Waals surface area contributed by atoms with Gasteiger partial charge in [0.15, 0.2) is 12.6 Å². The Morgan fingerprint density at radius 2 is 0.663 bits per heavy atom. The summed E-state index contributed by atoms with van der Waals surface area (Å²) in [7, 11) is 0. The number of nitrogens with one attached hydrogen (secondary N) is 1. The highest BCUT2D eigenvalue weighted by Crippen LogP contribution is 2.30. The number of hydrogen-bond donors (Lipinski definition) is 9. The smallest absolute Gasteiger partial charge is 0.220 e. The maximum atomic E-state index is 13.4. The third-order valence-corrected chi connectivity index (χ3v) is 18.8. The van der Waals surface area contributed by atoms with Crippen molar-refractivity contribution in [2.75, 3.05) is 19.8 Å². The Balaban J connectivity index is 1.62. The molecule has 2 aliphatic heterocycles. The lowest BCUT2D eigenvalue weighted by atomic mass is 9.97.